The third-order valence-corrected chi connectivity index (χ3v) is 4.38. The molecule has 0 aliphatic carbocycles. The Hall–Kier alpha value is -2.83. The van der Waals surface area contributed by atoms with Gasteiger partial charge in [-0.05, 0) is 43.3 Å². The monoisotopic (exact) mass is 385 g/mol. The molecule has 0 bridgehead atoms. The van der Waals surface area contributed by atoms with E-state index >= 15 is 0 Å². The number of anilines is 1. The minimum absolute atomic E-state index is 0.307. The molecule has 0 aliphatic heterocycles. The van der Waals surface area contributed by atoms with Crippen molar-refractivity contribution in [1.82, 2.24) is 14.8 Å². The van der Waals surface area contributed by atoms with Gasteiger partial charge in [0, 0.05) is 5.02 Å². The lowest BCUT2D eigenvalue weighted by Gasteiger charge is -2.02. The predicted octanol–water partition coefficient (Wildman–Crippen LogP) is 5.07. The second-order valence-corrected chi connectivity index (χ2v) is 6.33. The van der Waals surface area contributed by atoms with Crippen LogP contribution in [0.4, 0.5) is 6.01 Å². The lowest BCUT2D eigenvalue weighted by atomic mass is 10.3. The van der Waals surface area contributed by atoms with Gasteiger partial charge in [0.1, 0.15) is 10.7 Å². The summed E-state index contributed by atoms with van der Waals surface area (Å²) >= 11 is 12.4. The smallest absolute Gasteiger partial charge is 0.316 e. The van der Waals surface area contributed by atoms with E-state index in [9.17, 15) is 0 Å². The van der Waals surface area contributed by atoms with E-state index in [4.69, 9.17) is 27.6 Å². The van der Waals surface area contributed by atoms with Gasteiger partial charge in [-0.2, -0.15) is 15.2 Å². The molecule has 0 saturated heterocycles. The number of oxazole rings is 1. The molecule has 1 N–H and O–H groups in total. The van der Waals surface area contributed by atoms with E-state index in [0.29, 0.717) is 27.3 Å². The highest BCUT2D eigenvalue weighted by atomic mass is 35.5. The number of hydrogen-bond donors (Lipinski definition) is 1. The highest BCUT2D eigenvalue weighted by molar-refractivity contribution is 6.32. The minimum Gasteiger partial charge on any atom is -0.422 e. The number of nitrogens with zero attached hydrogens (tertiary/aromatic N) is 4. The highest BCUT2D eigenvalue weighted by Gasteiger charge is 2.13. The van der Waals surface area contributed by atoms with Gasteiger partial charge in [-0.25, -0.2) is 10.1 Å². The number of nitrogens with one attached hydrogen (secondary N) is 1. The molecule has 8 heteroatoms. The number of benzene rings is 2. The van der Waals surface area contributed by atoms with E-state index in [1.807, 2.05) is 43.3 Å². The molecule has 26 heavy (non-hydrogen) atoms. The molecule has 130 valence electrons. The summed E-state index contributed by atoms with van der Waals surface area (Å²) in [5.74, 6) is 0. The van der Waals surface area contributed by atoms with Crippen molar-refractivity contribution >= 4 is 46.5 Å². The number of fused-ring (bicyclic) bond motifs is 1. The van der Waals surface area contributed by atoms with Gasteiger partial charge in [0.2, 0.25) is 0 Å². The molecule has 0 aliphatic rings. The lowest BCUT2D eigenvalue weighted by molar-refractivity contribution is 0.617. The number of para-hydroxylation sites is 2. The lowest BCUT2D eigenvalue weighted by Crippen LogP contribution is -1.96. The van der Waals surface area contributed by atoms with Gasteiger partial charge in [0.05, 0.1) is 23.2 Å². The van der Waals surface area contributed by atoms with Crippen molar-refractivity contribution in [2.75, 3.05) is 5.43 Å². The summed E-state index contributed by atoms with van der Waals surface area (Å²) in [6, 6.07) is 15.1. The summed E-state index contributed by atoms with van der Waals surface area (Å²) in [7, 11) is 0. The molecule has 2 heterocycles. The summed E-state index contributed by atoms with van der Waals surface area (Å²) in [5, 5.41) is 9.72. The van der Waals surface area contributed by atoms with Gasteiger partial charge in [-0.15, -0.1) is 0 Å². The number of aryl methyl sites for hydroxylation is 1. The van der Waals surface area contributed by atoms with Crippen LogP contribution in [0, 0.1) is 6.92 Å². The predicted molar refractivity (Wildman–Crippen MR) is 104 cm³/mol. The van der Waals surface area contributed by atoms with Crippen LogP contribution in [0.5, 0.6) is 0 Å². The van der Waals surface area contributed by atoms with Crippen molar-refractivity contribution < 1.29 is 4.42 Å². The standard InChI is InChI=1S/C18H13Cl2N5O/c1-11-14(17(20)25(24-11)13-8-6-12(19)7-9-13)10-21-23-18-22-15-4-2-3-5-16(15)26-18/h2-10H,1H3,(H,22,23). The van der Waals surface area contributed by atoms with Crippen LogP contribution < -0.4 is 5.43 Å². The molecule has 0 saturated carbocycles. The minimum atomic E-state index is 0.307. The van der Waals surface area contributed by atoms with Crippen molar-refractivity contribution in [3.8, 4) is 5.69 Å². The summed E-state index contributed by atoms with van der Waals surface area (Å²) in [6.07, 6.45) is 1.59. The van der Waals surface area contributed by atoms with Gasteiger partial charge in [-0.1, -0.05) is 35.3 Å². The summed E-state index contributed by atoms with van der Waals surface area (Å²) in [4.78, 5) is 4.29. The maximum Gasteiger partial charge on any atom is 0.316 e. The van der Waals surface area contributed by atoms with Crippen LogP contribution in [-0.4, -0.2) is 21.0 Å². The van der Waals surface area contributed by atoms with Crippen LogP contribution in [0.1, 0.15) is 11.3 Å². The zero-order valence-corrected chi connectivity index (χ0v) is 15.2. The molecule has 0 atom stereocenters. The van der Waals surface area contributed by atoms with Gasteiger partial charge < -0.3 is 4.42 Å². The fraction of sp³-hybridized carbons (Fsp3) is 0.0556. The van der Waals surface area contributed by atoms with E-state index in [0.717, 1.165) is 16.9 Å². The Labute approximate surface area is 159 Å². The Balaban J connectivity index is 1.57. The van der Waals surface area contributed by atoms with Crippen LogP contribution in [-0.2, 0) is 0 Å². The Morgan fingerprint density at radius 1 is 1.12 bits per heavy atom. The van der Waals surface area contributed by atoms with Crippen LogP contribution in [0.15, 0.2) is 58.0 Å². The molecule has 0 radical (unpaired) electrons. The Bertz CT molecular complexity index is 1070. The maximum absolute atomic E-state index is 6.46. The number of aromatic nitrogens is 3. The molecule has 0 amide bonds. The van der Waals surface area contributed by atoms with Gasteiger partial charge >= 0.3 is 6.01 Å². The molecule has 4 aromatic rings. The van der Waals surface area contributed by atoms with E-state index in [2.05, 4.69) is 20.6 Å². The zero-order chi connectivity index (χ0) is 18.1. The molecule has 0 spiro atoms. The first kappa shape index (κ1) is 16.6. The number of hydrogen-bond acceptors (Lipinski definition) is 5. The van der Waals surface area contributed by atoms with Crippen LogP contribution in [0.25, 0.3) is 16.8 Å². The highest BCUT2D eigenvalue weighted by Crippen LogP contribution is 2.23. The molecular formula is C18H13Cl2N5O. The normalized spacial score (nSPS) is 11.5. The SMILES string of the molecule is Cc1nn(-c2ccc(Cl)cc2)c(Cl)c1C=NNc1nc2ccccc2o1. The van der Waals surface area contributed by atoms with E-state index in [1.54, 1.807) is 23.0 Å². The largest absolute Gasteiger partial charge is 0.422 e. The van der Waals surface area contributed by atoms with E-state index < -0.39 is 0 Å². The van der Waals surface area contributed by atoms with Gasteiger partial charge in [0.15, 0.2) is 5.58 Å². The van der Waals surface area contributed by atoms with Gasteiger partial charge in [0.25, 0.3) is 0 Å². The molecular weight excluding hydrogens is 373 g/mol. The fourth-order valence-electron chi connectivity index (χ4n) is 2.48. The molecule has 0 unspecified atom stereocenters. The zero-order valence-electron chi connectivity index (χ0n) is 13.6. The Morgan fingerprint density at radius 2 is 1.88 bits per heavy atom. The van der Waals surface area contributed by atoms with Crippen LogP contribution >= 0.6 is 23.2 Å². The van der Waals surface area contributed by atoms with E-state index in [1.165, 1.54) is 0 Å². The third kappa shape index (κ3) is 3.16. The molecule has 0 fully saturated rings. The maximum atomic E-state index is 6.46. The molecule has 2 aromatic carbocycles. The van der Waals surface area contributed by atoms with Crippen LogP contribution in [0.2, 0.25) is 10.2 Å². The van der Waals surface area contributed by atoms with E-state index in [-0.39, 0.29) is 0 Å². The average molecular weight is 386 g/mol. The van der Waals surface area contributed by atoms with Crippen molar-refractivity contribution in [1.29, 1.82) is 0 Å². The van der Waals surface area contributed by atoms with Crippen molar-refractivity contribution in [2.24, 2.45) is 5.10 Å². The first-order valence-corrected chi connectivity index (χ1v) is 8.53. The number of halogens is 2. The first-order valence-electron chi connectivity index (χ1n) is 7.77. The summed E-state index contributed by atoms with van der Waals surface area (Å²) < 4.78 is 7.18. The average Bonchev–Trinajstić information content (AvgIpc) is 3.17. The number of hydrazone groups is 1. The molecule has 4 rings (SSSR count). The van der Waals surface area contributed by atoms with Crippen molar-refractivity contribution in [3.63, 3.8) is 0 Å². The number of rotatable bonds is 4. The quantitative estimate of drug-likeness (QED) is 0.393. The second kappa shape index (κ2) is 6.82. The Morgan fingerprint density at radius 3 is 2.65 bits per heavy atom. The van der Waals surface area contributed by atoms with Gasteiger partial charge in [-0.3, -0.25) is 0 Å². The summed E-state index contributed by atoms with van der Waals surface area (Å²) in [5.41, 5.74) is 6.48. The van der Waals surface area contributed by atoms with Crippen molar-refractivity contribution in [3.05, 3.63) is 70.0 Å². The first-order chi connectivity index (χ1) is 12.6. The second-order valence-electron chi connectivity index (χ2n) is 5.53. The Kier molecular flexibility index (Phi) is 4.36. The van der Waals surface area contributed by atoms with Crippen LogP contribution in [0.3, 0.4) is 0 Å². The third-order valence-electron chi connectivity index (χ3n) is 3.77. The summed E-state index contributed by atoms with van der Waals surface area (Å²) in [6.45, 7) is 1.86. The molecule has 2 aromatic heterocycles. The fourth-order valence-corrected chi connectivity index (χ4v) is 2.93. The van der Waals surface area contributed by atoms with Crippen molar-refractivity contribution in [2.45, 2.75) is 6.92 Å². The molecule has 6 nitrogen and oxygen atoms in total. The topological polar surface area (TPSA) is 68.2 Å².